The zero-order valence-corrected chi connectivity index (χ0v) is 16.4. The molecular formula is C26H23NO2. The number of aliphatic imine (C=N–C) groups is 1. The van der Waals surface area contributed by atoms with Crippen molar-refractivity contribution in [2.24, 2.45) is 4.99 Å². The van der Waals surface area contributed by atoms with E-state index in [-0.39, 0.29) is 11.9 Å². The molecule has 1 unspecified atom stereocenters. The van der Waals surface area contributed by atoms with Crippen molar-refractivity contribution in [3.8, 4) is 0 Å². The molecule has 0 spiro atoms. The highest BCUT2D eigenvalue weighted by molar-refractivity contribution is 6.10. The summed E-state index contributed by atoms with van der Waals surface area (Å²) in [6.45, 7) is 2.17. The Morgan fingerprint density at radius 2 is 1.41 bits per heavy atom. The van der Waals surface area contributed by atoms with Gasteiger partial charge in [0, 0.05) is 23.6 Å². The van der Waals surface area contributed by atoms with E-state index in [4.69, 9.17) is 9.73 Å². The van der Waals surface area contributed by atoms with Crippen LogP contribution in [-0.4, -0.2) is 18.3 Å². The van der Waals surface area contributed by atoms with Crippen molar-refractivity contribution in [2.75, 3.05) is 6.61 Å². The van der Waals surface area contributed by atoms with Gasteiger partial charge < -0.3 is 4.74 Å². The highest BCUT2D eigenvalue weighted by Crippen LogP contribution is 2.40. The first-order valence-electron chi connectivity index (χ1n) is 9.92. The molecule has 0 saturated carbocycles. The van der Waals surface area contributed by atoms with Gasteiger partial charge in [-0.25, -0.2) is 4.79 Å². The number of ether oxygens (including phenoxy) is 1. The molecule has 3 aromatic rings. The molecule has 1 atom stereocenters. The van der Waals surface area contributed by atoms with Crippen LogP contribution in [0.2, 0.25) is 0 Å². The topological polar surface area (TPSA) is 38.7 Å². The smallest absolute Gasteiger partial charge is 0.336 e. The van der Waals surface area contributed by atoms with Crippen LogP contribution in [0, 0.1) is 0 Å². The third kappa shape index (κ3) is 4.04. The summed E-state index contributed by atoms with van der Waals surface area (Å²) in [4.78, 5) is 18.0. The number of benzene rings is 3. The van der Waals surface area contributed by atoms with Crippen LogP contribution in [-0.2, 0) is 9.53 Å². The third-order valence-electron chi connectivity index (χ3n) is 5.10. The summed E-state index contributed by atoms with van der Waals surface area (Å²) in [5.41, 5.74) is 5.39. The van der Waals surface area contributed by atoms with Crippen molar-refractivity contribution in [3.05, 3.63) is 113 Å². The van der Waals surface area contributed by atoms with Crippen LogP contribution in [0.15, 0.2) is 102 Å². The van der Waals surface area contributed by atoms with Gasteiger partial charge in [-0.3, -0.25) is 4.99 Å². The highest BCUT2D eigenvalue weighted by Gasteiger charge is 2.33. The van der Waals surface area contributed by atoms with Gasteiger partial charge in [0.2, 0.25) is 0 Å². The summed E-state index contributed by atoms with van der Waals surface area (Å²) in [5.74, 6) is -0.408. The molecule has 144 valence electrons. The number of carbonyl (C=O) groups is 1. The Balaban J connectivity index is 1.94. The molecule has 0 aliphatic carbocycles. The minimum Gasteiger partial charge on any atom is -0.463 e. The molecule has 3 nitrogen and oxygen atoms in total. The van der Waals surface area contributed by atoms with E-state index >= 15 is 0 Å². The van der Waals surface area contributed by atoms with E-state index in [1.165, 1.54) is 0 Å². The summed E-state index contributed by atoms with van der Waals surface area (Å²) in [6, 6.07) is 30.2. The molecule has 1 aliphatic rings. The standard InChI is InChI=1S/C26H23NO2/c1-2-29-26(28)24-22(19-12-6-3-7-13-19)18-23(20-14-8-4-9-15-20)27-25(24)21-16-10-5-11-17-21/h3-17,22H,2,18H2,1H3. The fraction of sp³-hybridized carbons (Fsp3) is 0.154. The van der Waals surface area contributed by atoms with Crippen LogP contribution in [0.25, 0.3) is 5.70 Å². The third-order valence-corrected chi connectivity index (χ3v) is 5.10. The number of carbonyl (C=O) groups excluding carboxylic acids is 1. The second-order valence-corrected chi connectivity index (χ2v) is 6.94. The Morgan fingerprint density at radius 1 is 0.862 bits per heavy atom. The van der Waals surface area contributed by atoms with Gasteiger partial charge in [-0.2, -0.15) is 0 Å². The number of hydrogen-bond acceptors (Lipinski definition) is 3. The second kappa shape index (κ2) is 8.70. The Hall–Kier alpha value is -3.46. The zero-order valence-electron chi connectivity index (χ0n) is 16.4. The summed E-state index contributed by atoms with van der Waals surface area (Å²) >= 11 is 0. The molecule has 0 saturated heterocycles. The van der Waals surface area contributed by atoms with Crippen LogP contribution in [0.3, 0.4) is 0 Å². The van der Waals surface area contributed by atoms with Gasteiger partial charge in [-0.15, -0.1) is 0 Å². The fourth-order valence-corrected chi connectivity index (χ4v) is 3.75. The van der Waals surface area contributed by atoms with E-state index in [9.17, 15) is 4.79 Å². The van der Waals surface area contributed by atoms with Gasteiger partial charge in [0.25, 0.3) is 0 Å². The summed E-state index contributed by atoms with van der Waals surface area (Å²) in [7, 11) is 0. The first kappa shape index (κ1) is 18.9. The molecule has 0 fully saturated rings. The maximum atomic E-state index is 13.1. The Kier molecular flexibility index (Phi) is 5.66. The Bertz CT molecular complexity index is 1040. The average molecular weight is 381 g/mol. The van der Waals surface area contributed by atoms with Crippen LogP contribution in [0.1, 0.15) is 36.0 Å². The quantitative estimate of drug-likeness (QED) is 0.537. The van der Waals surface area contributed by atoms with Gasteiger partial charge >= 0.3 is 5.97 Å². The number of nitrogens with zero attached hydrogens (tertiary/aromatic N) is 1. The maximum Gasteiger partial charge on any atom is 0.336 e. The van der Waals surface area contributed by atoms with Gasteiger partial charge in [-0.05, 0) is 18.1 Å². The maximum absolute atomic E-state index is 13.1. The SMILES string of the molecule is CCOC(=O)C1=C(c2ccccc2)N=C(c2ccccc2)CC1c1ccccc1. The normalized spacial score (nSPS) is 16.3. The monoisotopic (exact) mass is 381 g/mol. The summed E-state index contributed by atoms with van der Waals surface area (Å²) in [5, 5.41) is 0. The molecule has 1 aliphatic heterocycles. The number of hydrogen-bond donors (Lipinski definition) is 0. The van der Waals surface area contributed by atoms with E-state index in [1.807, 2.05) is 73.7 Å². The van der Waals surface area contributed by atoms with Gasteiger partial charge in [-0.1, -0.05) is 91.0 Å². The second-order valence-electron chi connectivity index (χ2n) is 6.94. The molecule has 4 rings (SSSR count). The van der Waals surface area contributed by atoms with Crippen LogP contribution < -0.4 is 0 Å². The fourth-order valence-electron chi connectivity index (χ4n) is 3.75. The number of rotatable bonds is 5. The minimum absolute atomic E-state index is 0.113. The average Bonchev–Trinajstić information content (AvgIpc) is 2.80. The lowest BCUT2D eigenvalue weighted by atomic mass is 9.81. The van der Waals surface area contributed by atoms with Gasteiger partial charge in [0.05, 0.1) is 17.9 Å². The Labute approximate surface area is 171 Å². The summed E-state index contributed by atoms with van der Waals surface area (Å²) in [6.07, 6.45) is 0.651. The van der Waals surface area contributed by atoms with E-state index in [1.54, 1.807) is 0 Å². The predicted molar refractivity (Wildman–Crippen MR) is 117 cm³/mol. The first-order valence-corrected chi connectivity index (χ1v) is 9.92. The molecule has 3 aromatic carbocycles. The van der Waals surface area contributed by atoms with Crippen molar-refractivity contribution in [3.63, 3.8) is 0 Å². The van der Waals surface area contributed by atoms with Crippen molar-refractivity contribution < 1.29 is 9.53 Å². The van der Waals surface area contributed by atoms with Crippen molar-refractivity contribution in [1.29, 1.82) is 0 Å². The van der Waals surface area contributed by atoms with Crippen LogP contribution >= 0.6 is 0 Å². The van der Waals surface area contributed by atoms with Crippen molar-refractivity contribution >= 4 is 17.4 Å². The van der Waals surface area contributed by atoms with Crippen molar-refractivity contribution in [1.82, 2.24) is 0 Å². The molecule has 1 heterocycles. The predicted octanol–water partition coefficient (Wildman–Crippen LogP) is 5.64. The van der Waals surface area contributed by atoms with E-state index in [2.05, 4.69) is 24.3 Å². The van der Waals surface area contributed by atoms with Crippen LogP contribution in [0.5, 0.6) is 0 Å². The number of esters is 1. The first-order chi connectivity index (χ1) is 14.3. The van der Waals surface area contributed by atoms with Gasteiger partial charge in [0.1, 0.15) is 0 Å². The highest BCUT2D eigenvalue weighted by atomic mass is 16.5. The largest absolute Gasteiger partial charge is 0.463 e. The molecule has 0 bridgehead atoms. The lowest BCUT2D eigenvalue weighted by molar-refractivity contribution is -0.138. The van der Waals surface area contributed by atoms with Crippen molar-refractivity contribution in [2.45, 2.75) is 19.3 Å². The lowest BCUT2D eigenvalue weighted by Crippen LogP contribution is -2.23. The molecule has 0 N–H and O–H groups in total. The van der Waals surface area contributed by atoms with E-state index in [0.29, 0.717) is 24.3 Å². The van der Waals surface area contributed by atoms with E-state index in [0.717, 1.165) is 22.4 Å². The molecule has 0 amide bonds. The van der Waals surface area contributed by atoms with Crippen LogP contribution in [0.4, 0.5) is 0 Å². The summed E-state index contributed by atoms with van der Waals surface area (Å²) < 4.78 is 5.46. The van der Waals surface area contributed by atoms with Gasteiger partial charge in [0.15, 0.2) is 0 Å². The Morgan fingerprint density at radius 3 is 2.00 bits per heavy atom. The zero-order chi connectivity index (χ0) is 20.1. The lowest BCUT2D eigenvalue weighted by Gasteiger charge is -2.27. The molecule has 0 aromatic heterocycles. The molecule has 29 heavy (non-hydrogen) atoms. The molecule has 0 radical (unpaired) electrons. The molecular weight excluding hydrogens is 358 g/mol. The molecule has 3 heteroatoms. The minimum atomic E-state index is -0.295. The van der Waals surface area contributed by atoms with E-state index < -0.39 is 0 Å².